The fourth-order valence-electron chi connectivity index (χ4n) is 3.42. The molecule has 1 N–H and O–H groups in total. The molecule has 0 aliphatic rings. The number of ether oxygens (including phenoxy) is 1. The number of benzene rings is 3. The minimum atomic E-state index is -4.55. The Morgan fingerprint density at radius 3 is 2.43 bits per heavy atom. The first-order valence-corrected chi connectivity index (χ1v) is 11.3. The second-order valence-electron chi connectivity index (χ2n) is 7.70. The van der Waals surface area contributed by atoms with Gasteiger partial charge < -0.3 is 10.1 Å². The summed E-state index contributed by atoms with van der Waals surface area (Å²) >= 11 is 3.39. The molecule has 5 nitrogen and oxygen atoms in total. The Morgan fingerprint density at radius 1 is 0.971 bits per heavy atom. The number of carbonyl (C=O) groups excluding carboxylic acids is 2. The molecule has 1 heterocycles. The Bertz CT molecular complexity index is 1410. The molecule has 1 unspecified atom stereocenters. The summed E-state index contributed by atoms with van der Waals surface area (Å²) in [6, 6.07) is 20.3. The Kier molecular flexibility index (Phi) is 6.88. The molecule has 1 aromatic heterocycles. The summed E-state index contributed by atoms with van der Waals surface area (Å²) in [5.41, 5.74) is 1.14. The van der Waals surface area contributed by atoms with E-state index in [2.05, 4.69) is 26.2 Å². The highest BCUT2D eigenvalue weighted by Gasteiger charge is 2.31. The van der Waals surface area contributed by atoms with E-state index in [0.29, 0.717) is 16.6 Å². The van der Waals surface area contributed by atoms with Crippen LogP contribution in [0.3, 0.4) is 0 Å². The van der Waals surface area contributed by atoms with Gasteiger partial charge >= 0.3 is 12.1 Å². The molecule has 3 aromatic carbocycles. The molecule has 9 heteroatoms. The molecule has 0 fully saturated rings. The second-order valence-corrected chi connectivity index (χ2v) is 8.61. The number of fused-ring (bicyclic) bond motifs is 1. The number of pyridine rings is 1. The van der Waals surface area contributed by atoms with Crippen LogP contribution in [0.5, 0.6) is 0 Å². The van der Waals surface area contributed by atoms with Gasteiger partial charge in [0.05, 0.1) is 22.3 Å². The van der Waals surface area contributed by atoms with Crippen LogP contribution in [-0.2, 0) is 15.7 Å². The third-order valence-corrected chi connectivity index (χ3v) is 5.66. The number of hydrogen-bond acceptors (Lipinski definition) is 4. The van der Waals surface area contributed by atoms with E-state index in [-0.39, 0.29) is 11.3 Å². The van der Waals surface area contributed by atoms with Crippen LogP contribution in [0.25, 0.3) is 22.2 Å². The lowest BCUT2D eigenvalue weighted by atomic mass is 10.0. The Hall–Kier alpha value is -3.72. The van der Waals surface area contributed by atoms with Crippen LogP contribution in [-0.4, -0.2) is 23.0 Å². The molecule has 1 atom stereocenters. The number of anilines is 1. The molecule has 0 saturated carbocycles. The highest BCUT2D eigenvalue weighted by molar-refractivity contribution is 9.10. The van der Waals surface area contributed by atoms with Crippen molar-refractivity contribution in [1.29, 1.82) is 0 Å². The third kappa shape index (κ3) is 5.68. The van der Waals surface area contributed by atoms with Gasteiger partial charge in [0.1, 0.15) is 0 Å². The molecule has 0 aliphatic heterocycles. The van der Waals surface area contributed by atoms with Gasteiger partial charge in [0.25, 0.3) is 5.91 Å². The number of nitrogens with one attached hydrogen (secondary N) is 1. The predicted molar refractivity (Wildman–Crippen MR) is 130 cm³/mol. The van der Waals surface area contributed by atoms with Gasteiger partial charge in [-0.05, 0) is 49.4 Å². The van der Waals surface area contributed by atoms with E-state index in [0.717, 1.165) is 22.2 Å². The first-order chi connectivity index (χ1) is 16.6. The highest BCUT2D eigenvalue weighted by atomic mass is 79.9. The average molecular weight is 543 g/mol. The van der Waals surface area contributed by atoms with Crippen molar-refractivity contribution in [3.05, 3.63) is 94.5 Å². The number of aromatic nitrogens is 1. The maximum Gasteiger partial charge on any atom is 0.416 e. The van der Waals surface area contributed by atoms with E-state index < -0.39 is 29.7 Å². The van der Waals surface area contributed by atoms with Crippen molar-refractivity contribution in [3.63, 3.8) is 0 Å². The lowest BCUT2D eigenvalue weighted by Crippen LogP contribution is -2.30. The molecular weight excluding hydrogens is 525 g/mol. The fourth-order valence-corrected chi connectivity index (χ4v) is 3.78. The molecule has 4 rings (SSSR count). The first-order valence-electron chi connectivity index (χ1n) is 10.5. The summed E-state index contributed by atoms with van der Waals surface area (Å²) in [6.07, 6.45) is -5.82. The van der Waals surface area contributed by atoms with E-state index in [1.54, 1.807) is 24.3 Å². The summed E-state index contributed by atoms with van der Waals surface area (Å²) in [4.78, 5) is 30.3. The van der Waals surface area contributed by atoms with Crippen molar-refractivity contribution >= 4 is 44.4 Å². The summed E-state index contributed by atoms with van der Waals surface area (Å²) in [5.74, 6) is -1.53. The summed E-state index contributed by atoms with van der Waals surface area (Å²) in [5, 5.41) is 2.88. The Balaban J connectivity index is 1.59. The highest BCUT2D eigenvalue weighted by Crippen LogP contribution is 2.31. The Labute approximate surface area is 207 Å². The largest absolute Gasteiger partial charge is 0.449 e. The van der Waals surface area contributed by atoms with E-state index in [4.69, 9.17) is 4.74 Å². The molecule has 0 radical (unpaired) electrons. The minimum Gasteiger partial charge on any atom is -0.449 e. The zero-order valence-corrected chi connectivity index (χ0v) is 19.9. The van der Waals surface area contributed by atoms with E-state index in [1.165, 1.54) is 19.1 Å². The van der Waals surface area contributed by atoms with Crippen LogP contribution in [0.15, 0.2) is 83.3 Å². The fraction of sp³-hybridized carbons (Fsp3) is 0.115. The zero-order chi connectivity index (χ0) is 25.2. The number of hydrogen-bond donors (Lipinski definition) is 1. The van der Waals surface area contributed by atoms with Crippen molar-refractivity contribution in [2.45, 2.75) is 19.2 Å². The molecule has 35 heavy (non-hydrogen) atoms. The number of nitrogens with zero attached hydrogens (tertiary/aromatic N) is 1. The van der Waals surface area contributed by atoms with Gasteiger partial charge in [-0.3, -0.25) is 4.79 Å². The molecule has 1 amide bonds. The maximum atomic E-state index is 13.1. The van der Waals surface area contributed by atoms with Crippen LogP contribution in [0.2, 0.25) is 0 Å². The lowest BCUT2D eigenvalue weighted by Gasteiger charge is -2.16. The summed E-state index contributed by atoms with van der Waals surface area (Å²) in [7, 11) is 0. The molecule has 0 spiro atoms. The molecule has 0 saturated heterocycles. The maximum absolute atomic E-state index is 13.1. The molecule has 4 aromatic rings. The van der Waals surface area contributed by atoms with E-state index >= 15 is 0 Å². The summed E-state index contributed by atoms with van der Waals surface area (Å²) < 4.78 is 44.9. The van der Waals surface area contributed by atoms with Crippen LogP contribution < -0.4 is 5.32 Å². The normalized spacial score (nSPS) is 12.3. The molecule has 0 aliphatic carbocycles. The topological polar surface area (TPSA) is 68.3 Å². The summed E-state index contributed by atoms with van der Waals surface area (Å²) in [6.45, 7) is 1.35. The molecular formula is C26H18BrF3N2O3. The van der Waals surface area contributed by atoms with Crippen LogP contribution in [0, 0.1) is 0 Å². The monoisotopic (exact) mass is 542 g/mol. The number of amides is 1. The zero-order valence-electron chi connectivity index (χ0n) is 18.3. The number of esters is 1. The third-order valence-electron chi connectivity index (χ3n) is 5.17. The van der Waals surface area contributed by atoms with Gasteiger partial charge in [0.2, 0.25) is 0 Å². The van der Waals surface area contributed by atoms with E-state index in [9.17, 15) is 22.8 Å². The van der Waals surface area contributed by atoms with Crippen LogP contribution >= 0.6 is 15.9 Å². The second kappa shape index (κ2) is 9.87. The number of alkyl halides is 3. The van der Waals surface area contributed by atoms with Crippen molar-refractivity contribution in [3.8, 4) is 11.3 Å². The van der Waals surface area contributed by atoms with Crippen LogP contribution in [0.4, 0.5) is 18.9 Å². The first kappa shape index (κ1) is 24.4. The number of rotatable bonds is 5. The quantitative estimate of drug-likeness (QED) is 0.279. The predicted octanol–water partition coefficient (Wildman–Crippen LogP) is 6.87. The van der Waals surface area contributed by atoms with Gasteiger partial charge in [-0.15, -0.1) is 0 Å². The van der Waals surface area contributed by atoms with Gasteiger partial charge in [-0.1, -0.05) is 52.3 Å². The average Bonchev–Trinajstić information content (AvgIpc) is 2.83. The Morgan fingerprint density at radius 2 is 1.71 bits per heavy atom. The van der Waals surface area contributed by atoms with Gasteiger partial charge in [0, 0.05) is 21.1 Å². The smallest absolute Gasteiger partial charge is 0.416 e. The van der Waals surface area contributed by atoms with Crippen molar-refractivity contribution < 1.29 is 27.5 Å². The number of halogens is 4. The number of carbonyl (C=O) groups is 2. The lowest BCUT2D eigenvalue weighted by molar-refractivity contribution is -0.137. The van der Waals surface area contributed by atoms with Crippen LogP contribution in [0.1, 0.15) is 22.8 Å². The van der Waals surface area contributed by atoms with Gasteiger partial charge in [-0.2, -0.15) is 13.2 Å². The molecule has 0 bridgehead atoms. The van der Waals surface area contributed by atoms with Crippen molar-refractivity contribution in [2.24, 2.45) is 0 Å². The van der Waals surface area contributed by atoms with Crippen molar-refractivity contribution in [2.75, 3.05) is 5.32 Å². The van der Waals surface area contributed by atoms with E-state index in [1.807, 2.05) is 30.3 Å². The molecule has 178 valence electrons. The van der Waals surface area contributed by atoms with Gasteiger partial charge in [0.15, 0.2) is 6.10 Å². The SMILES string of the molecule is CC(OC(=O)c1cc(-c2ccccc2)nc2ccc(Br)cc12)C(=O)Nc1cccc(C(F)(F)F)c1. The standard InChI is InChI=1S/C26H18BrF3N2O3/c1-15(24(33)31-19-9-5-8-17(12-19)26(28,29)30)35-25(34)21-14-23(16-6-3-2-4-7-16)32-22-11-10-18(27)13-20(21)22/h2-15H,1H3,(H,31,33). The van der Waals surface area contributed by atoms with Gasteiger partial charge in [-0.25, -0.2) is 9.78 Å². The van der Waals surface area contributed by atoms with Crippen molar-refractivity contribution in [1.82, 2.24) is 4.98 Å². The minimum absolute atomic E-state index is 0.0580.